The van der Waals surface area contributed by atoms with Crippen molar-refractivity contribution in [2.75, 3.05) is 5.73 Å². The lowest BCUT2D eigenvalue weighted by atomic mass is 9.96. The topological polar surface area (TPSA) is 52.0 Å². The third-order valence-corrected chi connectivity index (χ3v) is 2.46. The Bertz CT molecular complexity index is 500. The largest absolute Gasteiger partial charge is 0.367 e. The number of nitrogen functional groups attached to an aromatic ring is 1. The summed E-state index contributed by atoms with van der Waals surface area (Å²) in [4.78, 5) is 0. The van der Waals surface area contributed by atoms with Gasteiger partial charge in [0.1, 0.15) is 5.67 Å². The first kappa shape index (κ1) is 10.7. The number of hydrogen-bond acceptors (Lipinski definition) is 3. The van der Waals surface area contributed by atoms with Gasteiger partial charge in [-0.3, -0.25) is 0 Å². The highest BCUT2D eigenvalue weighted by atomic mass is 19.1. The first-order valence-corrected chi connectivity index (χ1v) is 4.98. The predicted octanol–water partition coefficient (Wildman–Crippen LogP) is 3.13. The van der Waals surface area contributed by atoms with Crippen molar-refractivity contribution in [3.8, 4) is 11.1 Å². The molecule has 2 aromatic rings. The molecular weight excluding hydrogens is 207 g/mol. The van der Waals surface area contributed by atoms with Gasteiger partial charge in [-0.05, 0) is 31.0 Å². The van der Waals surface area contributed by atoms with Crippen LogP contribution in [0.3, 0.4) is 0 Å². The average Bonchev–Trinajstić information content (AvgIpc) is 2.63. The van der Waals surface area contributed by atoms with Gasteiger partial charge in [-0.2, -0.15) is 0 Å². The van der Waals surface area contributed by atoms with E-state index in [0.29, 0.717) is 11.1 Å². The molecule has 4 heteroatoms. The summed E-state index contributed by atoms with van der Waals surface area (Å²) in [6.07, 6.45) is 1.53. The third-order valence-electron chi connectivity index (χ3n) is 2.46. The summed E-state index contributed by atoms with van der Waals surface area (Å²) >= 11 is 0. The van der Waals surface area contributed by atoms with Gasteiger partial charge in [0.15, 0.2) is 0 Å². The van der Waals surface area contributed by atoms with Crippen molar-refractivity contribution in [1.82, 2.24) is 5.16 Å². The second-order valence-electron chi connectivity index (χ2n) is 4.16. The molecule has 0 aliphatic heterocycles. The zero-order valence-electron chi connectivity index (χ0n) is 9.20. The maximum absolute atomic E-state index is 13.8. The van der Waals surface area contributed by atoms with Crippen LogP contribution in [-0.2, 0) is 5.67 Å². The molecule has 0 radical (unpaired) electrons. The molecule has 16 heavy (non-hydrogen) atoms. The molecule has 0 aliphatic rings. The van der Waals surface area contributed by atoms with Crippen molar-refractivity contribution in [2.24, 2.45) is 0 Å². The number of anilines is 1. The smallest absolute Gasteiger partial charge is 0.229 e. The Hall–Kier alpha value is -1.84. The summed E-state index contributed by atoms with van der Waals surface area (Å²) in [5.41, 5.74) is 6.33. The molecule has 0 aliphatic carbocycles. The number of nitrogens with two attached hydrogens (primary N) is 1. The van der Waals surface area contributed by atoms with Crippen LogP contribution in [0, 0.1) is 0 Å². The van der Waals surface area contributed by atoms with Gasteiger partial charge < -0.3 is 10.3 Å². The second kappa shape index (κ2) is 3.63. The highest BCUT2D eigenvalue weighted by molar-refractivity contribution is 5.72. The molecule has 0 spiro atoms. The SMILES string of the molecule is CC(C)(F)c1cccc(-c2cnoc2N)c1. The Kier molecular flexibility index (Phi) is 2.42. The van der Waals surface area contributed by atoms with Gasteiger partial charge in [-0.25, -0.2) is 4.39 Å². The van der Waals surface area contributed by atoms with Crippen LogP contribution in [0.1, 0.15) is 19.4 Å². The van der Waals surface area contributed by atoms with Crippen LogP contribution in [0.15, 0.2) is 35.0 Å². The molecule has 0 amide bonds. The van der Waals surface area contributed by atoms with Gasteiger partial charge in [0, 0.05) is 0 Å². The summed E-state index contributed by atoms with van der Waals surface area (Å²) in [5.74, 6) is 0.244. The van der Waals surface area contributed by atoms with E-state index in [2.05, 4.69) is 5.16 Å². The highest BCUT2D eigenvalue weighted by Gasteiger charge is 2.19. The van der Waals surface area contributed by atoms with Crippen LogP contribution in [0.25, 0.3) is 11.1 Å². The van der Waals surface area contributed by atoms with Gasteiger partial charge in [-0.1, -0.05) is 23.4 Å². The third kappa shape index (κ3) is 1.91. The van der Waals surface area contributed by atoms with Crippen molar-refractivity contribution >= 4 is 5.88 Å². The average molecular weight is 220 g/mol. The number of alkyl halides is 1. The van der Waals surface area contributed by atoms with E-state index >= 15 is 0 Å². The van der Waals surface area contributed by atoms with E-state index in [1.807, 2.05) is 6.07 Å². The molecule has 0 unspecified atom stereocenters. The summed E-state index contributed by atoms with van der Waals surface area (Å²) < 4.78 is 18.6. The molecule has 84 valence electrons. The lowest BCUT2D eigenvalue weighted by Crippen LogP contribution is -2.08. The molecule has 0 saturated heterocycles. The minimum atomic E-state index is -1.37. The Morgan fingerprint density at radius 1 is 1.38 bits per heavy atom. The van der Waals surface area contributed by atoms with Crippen LogP contribution in [0.5, 0.6) is 0 Å². The van der Waals surface area contributed by atoms with Gasteiger partial charge in [0.05, 0.1) is 11.8 Å². The van der Waals surface area contributed by atoms with Crippen LogP contribution in [0.4, 0.5) is 10.3 Å². The zero-order valence-corrected chi connectivity index (χ0v) is 9.20. The molecule has 1 heterocycles. The van der Waals surface area contributed by atoms with E-state index in [9.17, 15) is 4.39 Å². The maximum atomic E-state index is 13.8. The van der Waals surface area contributed by atoms with Crippen LogP contribution in [0.2, 0.25) is 0 Å². The van der Waals surface area contributed by atoms with E-state index in [1.54, 1.807) is 18.2 Å². The summed E-state index contributed by atoms with van der Waals surface area (Å²) in [5, 5.41) is 3.60. The van der Waals surface area contributed by atoms with Gasteiger partial charge in [-0.15, -0.1) is 0 Å². The number of benzene rings is 1. The minimum absolute atomic E-state index is 0.244. The monoisotopic (exact) mass is 220 g/mol. The molecule has 0 fully saturated rings. The van der Waals surface area contributed by atoms with Crippen molar-refractivity contribution in [1.29, 1.82) is 0 Å². The van der Waals surface area contributed by atoms with E-state index in [0.717, 1.165) is 5.56 Å². The van der Waals surface area contributed by atoms with E-state index < -0.39 is 5.67 Å². The number of hydrogen-bond donors (Lipinski definition) is 1. The fraction of sp³-hybridized carbons (Fsp3) is 0.250. The van der Waals surface area contributed by atoms with Crippen LogP contribution < -0.4 is 5.73 Å². The number of halogens is 1. The predicted molar refractivity (Wildman–Crippen MR) is 60.5 cm³/mol. The Balaban J connectivity index is 2.49. The molecule has 0 saturated carbocycles. The second-order valence-corrected chi connectivity index (χ2v) is 4.16. The Morgan fingerprint density at radius 3 is 2.69 bits per heavy atom. The number of aromatic nitrogens is 1. The standard InChI is InChI=1S/C12H13FN2O/c1-12(2,13)9-5-3-4-8(6-9)10-7-15-16-11(10)14/h3-7H,14H2,1-2H3. The molecule has 3 nitrogen and oxygen atoms in total. The Labute approximate surface area is 93.1 Å². The summed E-state index contributed by atoms with van der Waals surface area (Å²) in [6.45, 7) is 3.03. The van der Waals surface area contributed by atoms with Gasteiger partial charge >= 0.3 is 0 Å². The molecule has 2 N–H and O–H groups in total. The number of nitrogens with zero attached hydrogens (tertiary/aromatic N) is 1. The minimum Gasteiger partial charge on any atom is -0.367 e. The molecule has 0 bridgehead atoms. The quantitative estimate of drug-likeness (QED) is 0.845. The molecule has 1 aromatic heterocycles. The summed E-state index contributed by atoms with van der Waals surface area (Å²) in [7, 11) is 0. The number of rotatable bonds is 2. The summed E-state index contributed by atoms with van der Waals surface area (Å²) in [6, 6.07) is 7.13. The van der Waals surface area contributed by atoms with Crippen LogP contribution in [-0.4, -0.2) is 5.16 Å². The van der Waals surface area contributed by atoms with E-state index in [-0.39, 0.29) is 5.88 Å². The van der Waals surface area contributed by atoms with Gasteiger partial charge in [0.25, 0.3) is 0 Å². The van der Waals surface area contributed by atoms with Crippen molar-refractivity contribution in [3.63, 3.8) is 0 Å². The van der Waals surface area contributed by atoms with Crippen LogP contribution >= 0.6 is 0 Å². The lowest BCUT2D eigenvalue weighted by molar-refractivity contribution is 0.221. The molecule has 1 aromatic carbocycles. The normalized spacial score (nSPS) is 11.7. The van der Waals surface area contributed by atoms with E-state index in [4.69, 9.17) is 10.3 Å². The fourth-order valence-corrected chi connectivity index (χ4v) is 1.52. The lowest BCUT2D eigenvalue weighted by Gasteiger charge is -2.15. The van der Waals surface area contributed by atoms with Gasteiger partial charge in [0.2, 0.25) is 5.88 Å². The molecule has 2 rings (SSSR count). The molecular formula is C12H13FN2O. The highest BCUT2D eigenvalue weighted by Crippen LogP contribution is 2.31. The maximum Gasteiger partial charge on any atom is 0.229 e. The first-order valence-electron chi connectivity index (χ1n) is 4.98. The van der Waals surface area contributed by atoms with Crippen molar-refractivity contribution in [2.45, 2.75) is 19.5 Å². The molecule has 0 atom stereocenters. The van der Waals surface area contributed by atoms with Crippen molar-refractivity contribution in [3.05, 3.63) is 36.0 Å². The zero-order chi connectivity index (χ0) is 11.8. The Morgan fingerprint density at radius 2 is 2.12 bits per heavy atom. The fourth-order valence-electron chi connectivity index (χ4n) is 1.52. The first-order chi connectivity index (χ1) is 7.48. The van der Waals surface area contributed by atoms with Crippen molar-refractivity contribution < 1.29 is 8.91 Å². The van der Waals surface area contributed by atoms with E-state index in [1.165, 1.54) is 20.0 Å².